The Morgan fingerprint density at radius 2 is 2.04 bits per heavy atom. The van der Waals surface area contributed by atoms with E-state index in [9.17, 15) is 14.1 Å². The van der Waals surface area contributed by atoms with Crippen molar-refractivity contribution in [1.29, 1.82) is 0 Å². The van der Waals surface area contributed by atoms with Crippen molar-refractivity contribution in [3.8, 4) is 22.9 Å². The molecule has 0 bridgehead atoms. The molecule has 0 aliphatic rings. The number of hydrogen-bond acceptors (Lipinski definition) is 5. The minimum absolute atomic E-state index is 0.119. The zero-order valence-corrected chi connectivity index (χ0v) is 15.9. The summed E-state index contributed by atoms with van der Waals surface area (Å²) in [6, 6.07) is 8.13. The summed E-state index contributed by atoms with van der Waals surface area (Å²) in [5.41, 5.74) is 1.34. The van der Waals surface area contributed by atoms with Gasteiger partial charge in [-0.2, -0.15) is 0 Å². The summed E-state index contributed by atoms with van der Waals surface area (Å²) in [5, 5.41) is 15.8. The number of nitrogens with zero attached hydrogens (tertiary/aromatic N) is 1. The highest BCUT2D eigenvalue weighted by molar-refractivity contribution is 7.82. The van der Waals surface area contributed by atoms with E-state index in [1.165, 1.54) is 6.07 Å². The molecule has 0 saturated heterocycles. The van der Waals surface area contributed by atoms with Gasteiger partial charge in [0.15, 0.2) is 0 Å². The summed E-state index contributed by atoms with van der Waals surface area (Å²) in [6.07, 6.45) is 1.59. The van der Waals surface area contributed by atoms with Crippen LogP contribution in [0.15, 0.2) is 40.0 Å². The van der Waals surface area contributed by atoms with Gasteiger partial charge in [0.25, 0.3) is 5.56 Å². The number of nitrogens with one attached hydrogen (secondary N) is 1. The molecule has 0 aliphatic heterocycles. The number of aryl methyl sites for hydroxylation is 1. The number of H-pyrrole nitrogens is 1. The van der Waals surface area contributed by atoms with E-state index < -0.39 is 16.5 Å². The van der Waals surface area contributed by atoms with Gasteiger partial charge in [-0.05, 0) is 43.2 Å². The Bertz CT molecular complexity index is 1080. The van der Waals surface area contributed by atoms with E-state index in [-0.39, 0.29) is 17.0 Å². The molecule has 0 radical (unpaired) electrons. The summed E-state index contributed by atoms with van der Waals surface area (Å²) >= 11 is 0. The predicted molar refractivity (Wildman–Crippen MR) is 105 cm³/mol. The number of rotatable bonds is 6. The zero-order valence-electron chi connectivity index (χ0n) is 15.1. The fourth-order valence-electron chi connectivity index (χ4n) is 2.98. The van der Waals surface area contributed by atoms with Crippen molar-refractivity contribution in [3.05, 3.63) is 46.2 Å². The molecule has 27 heavy (non-hydrogen) atoms. The predicted octanol–water partition coefficient (Wildman–Crippen LogP) is 2.63. The van der Waals surface area contributed by atoms with Crippen LogP contribution in [-0.4, -0.2) is 25.9 Å². The van der Waals surface area contributed by atoms with Gasteiger partial charge in [0.05, 0.1) is 22.6 Å². The Kier molecular flexibility index (Phi) is 5.57. The highest BCUT2D eigenvalue weighted by Crippen LogP contribution is 2.31. The van der Waals surface area contributed by atoms with Gasteiger partial charge in [-0.3, -0.25) is 4.79 Å². The minimum Gasteiger partial charge on any atom is -0.507 e. The van der Waals surface area contributed by atoms with Gasteiger partial charge in [-0.25, -0.2) is 14.3 Å². The van der Waals surface area contributed by atoms with Crippen LogP contribution in [0.1, 0.15) is 25.8 Å². The third-order valence-corrected chi connectivity index (χ3v) is 4.90. The molecule has 1 aromatic heterocycles. The number of phenols is 1. The minimum atomic E-state index is -1.68. The molecule has 3 aromatic rings. The summed E-state index contributed by atoms with van der Waals surface area (Å²) in [6.45, 7) is 4.28. The number of benzene rings is 2. The first kappa shape index (κ1) is 19.1. The SMILES string of the molecule is CCCc1ccc(O)c2c(=O)[nH]c(-c3cc(S(N)=O)ccc3OCC)nc12. The Labute approximate surface area is 158 Å². The Balaban J connectivity index is 2.32. The molecule has 1 unspecified atom stereocenters. The normalized spacial score (nSPS) is 12.3. The van der Waals surface area contributed by atoms with Crippen molar-refractivity contribution < 1.29 is 14.1 Å². The van der Waals surface area contributed by atoms with Crippen LogP contribution in [-0.2, 0) is 17.4 Å². The highest BCUT2D eigenvalue weighted by Gasteiger charge is 2.17. The Morgan fingerprint density at radius 1 is 1.26 bits per heavy atom. The van der Waals surface area contributed by atoms with Crippen LogP contribution in [0.5, 0.6) is 11.5 Å². The first-order chi connectivity index (χ1) is 13.0. The molecule has 8 heteroatoms. The van der Waals surface area contributed by atoms with Crippen LogP contribution in [0.3, 0.4) is 0 Å². The highest BCUT2D eigenvalue weighted by atomic mass is 32.2. The molecule has 142 valence electrons. The maximum Gasteiger partial charge on any atom is 0.262 e. The molecule has 1 atom stereocenters. The molecule has 7 nitrogen and oxygen atoms in total. The summed E-state index contributed by atoms with van der Waals surface area (Å²) < 4.78 is 17.3. The molecule has 0 amide bonds. The lowest BCUT2D eigenvalue weighted by Gasteiger charge is -2.13. The van der Waals surface area contributed by atoms with Crippen LogP contribution in [0.25, 0.3) is 22.3 Å². The molecule has 2 aromatic carbocycles. The van der Waals surface area contributed by atoms with Gasteiger partial charge in [-0.15, -0.1) is 0 Å². The van der Waals surface area contributed by atoms with E-state index in [2.05, 4.69) is 9.97 Å². The number of fused-ring (bicyclic) bond motifs is 1. The van der Waals surface area contributed by atoms with Crippen LogP contribution in [0.4, 0.5) is 0 Å². The van der Waals surface area contributed by atoms with Crippen LogP contribution < -0.4 is 15.4 Å². The molecule has 3 rings (SSSR count). The number of aromatic nitrogens is 2. The Hall–Kier alpha value is -2.71. The van der Waals surface area contributed by atoms with Crippen molar-refractivity contribution in [3.63, 3.8) is 0 Å². The Morgan fingerprint density at radius 3 is 2.70 bits per heavy atom. The van der Waals surface area contributed by atoms with E-state index >= 15 is 0 Å². The average molecular weight is 387 g/mol. The fourth-order valence-corrected chi connectivity index (χ4v) is 3.42. The van der Waals surface area contributed by atoms with Gasteiger partial charge in [-0.1, -0.05) is 19.4 Å². The second-order valence-corrected chi connectivity index (χ2v) is 7.09. The maximum atomic E-state index is 12.7. The van der Waals surface area contributed by atoms with Crippen molar-refractivity contribution >= 4 is 21.9 Å². The van der Waals surface area contributed by atoms with E-state index in [0.717, 1.165) is 18.4 Å². The standard InChI is InChI=1S/C19H21N3O4S/c1-3-5-11-6-8-14(23)16-17(11)21-18(22-19(16)24)13-10-12(27(20)25)7-9-15(13)26-4-2/h6-10,23H,3-5,20H2,1-2H3,(H,21,22,24). The molecular weight excluding hydrogens is 366 g/mol. The first-order valence-corrected chi connectivity index (χ1v) is 9.85. The van der Waals surface area contributed by atoms with Crippen LogP contribution in [0.2, 0.25) is 0 Å². The average Bonchev–Trinajstić information content (AvgIpc) is 2.64. The molecule has 0 aliphatic carbocycles. The van der Waals surface area contributed by atoms with Crippen molar-refractivity contribution in [2.75, 3.05) is 6.61 Å². The van der Waals surface area contributed by atoms with E-state index in [4.69, 9.17) is 9.88 Å². The van der Waals surface area contributed by atoms with Crippen LogP contribution >= 0.6 is 0 Å². The largest absolute Gasteiger partial charge is 0.507 e. The van der Waals surface area contributed by atoms with E-state index in [1.54, 1.807) is 24.3 Å². The number of hydrogen-bond donors (Lipinski definition) is 3. The summed E-state index contributed by atoms with van der Waals surface area (Å²) in [7, 11) is -1.68. The number of nitrogens with two attached hydrogens (primary N) is 1. The van der Waals surface area contributed by atoms with Gasteiger partial charge in [0.1, 0.15) is 33.7 Å². The molecule has 0 saturated carbocycles. The smallest absolute Gasteiger partial charge is 0.262 e. The molecule has 0 spiro atoms. The number of phenolic OH excluding ortho intramolecular Hbond substituents is 1. The molecule has 4 N–H and O–H groups in total. The van der Waals surface area contributed by atoms with Crippen molar-refractivity contribution in [1.82, 2.24) is 9.97 Å². The quantitative estimate of drug-likeness (QED) is 0.601. The molecule has 0 fully saturated rings. The fraction of sp³-hybridized carbons (Fsp3) is 0.263. The number of aromatic hydroxyl groups is 1. The lowest BCUT2D eigenvalue weighted by Crippen LogP contribution is -2.12. The second-order valence-electron chi connectivity index (χ2n) is 6.02. The van der Waals surface area contributed by atoms with E-state index in [0.29, 0.717) is 28.3 Å². The lowest BCUT2D eigenvalue weighted by molar-refractivity contribution is 0.341. The molecule has 1 heterocycles. The first-order valence-electron chi connectivity index (χ1n) is 8.64. The van der Waals surface area contributed by atoms with Gasteiger partial charge in [0, 0.05) is 0 Å². The van der Waals surface area contributed by atoms with Crippen LogP contribution in [0, 0.1) is 0 Å². The lowest BCUT2D eigenvalue weighted by atomic mass is 10.1. The molecular formula is C19H21N3O4S. The summed E-state index contributed by atoms with van der Waals surface area (Å²) in [4.78, 5) is 20.3. The van der Waals surface area contributed by atoms with Gasteiger partial charge in [0.2, 0.25) is 0 Å². The van der Waals surface area contributed by atoms with Crippen molar-refractivity contribution in [2.45, 2.75) is 31.6 Å². The van der Waals surface area contributed by atoms with Crippen molar-refractivity contribution in [2.24, 2.45) is 5.14 Å². The third kappa shape index (κ3) is 3.72. The third-order valence-electron chi connectivity index (χ3n) is 4.18. The topological polar surface area (TPSA) is 118 Å². The second kappa shape index (κ2) is 7.89. The van der Waals surface area contributed by atoms with Gasteiger partial charge >= 0.3 is 0 Å². The zero-order chi connectivity index (χ0) is 19.6. The number of aromatic amines is 1. The number of ether oxygens (including phenoxy) is 1. The van der Waals surface area contributed by atoms with Gasteiger partial charge < -0.3 is 14.8 Å². The van der Waals surface area contributed by atoms with E-state index in [1.807, 2.05) is 13.8 Å². The maximum absolute atomic E-state index is 12.7. The summed E-state index contributed by atoms with van der Waals surface area (Å²) in [5.74, 6) is 0.643. The monoisotopic (exact) mass is 387 g/mol.